The molecule has 2 atom stereocenters. The monoisotopic (exact) mass is 1040 g/mol. The fourth-order valence-corrected chi connectivity index (χ4v) is 10.2. The van der Waals surface area contributed by atoms with Crippen LogP contribution in [0.3, 0.4) is 0 Å². The maximum Gasteiger partial charge on any atom is 0.472 e. The second-order valence-corrected chi connectivity index (χ2v) is 22.7. The molecule has 0 bridgehead atoms. The Kier molecular flexibility index (Phi) is 57.5. The summed E-state index contributed by atoms with van der Waals surface area (Å²) in [6, 6.07) is 0. The summed E-state index contributed by atoms with van der Waals surface area (Å²) in [5.41, 5.74) is 5.38. The van der Waals surface area contributed by atoms with E-state index in [0.717, 1.165) is 57.8 Å². The van der Waals surface area contributed by atoms with Crippen molar-refractivity contribution in [3.05, 3.63) is 24.3 Å². The zero-order valence-corrected chi connectivity index (χ0v) is 48.6. The van der Waals surface area contributed by atoms with Gasteiger partial charge in [-0.15, -0.1) is 0 Å². The summed E-state index contributed by atoms with van der Waals surface area (Å²) < 4.78 is 33.0. The summed E-state index contributed by atoms with van der Waals surface area (Å²) >= 11 is 0. The quantitative estimate of drug-likeness (QED) is 0.0264. The molecule has 0 saturated heterocycles. The Balaban J connectivity index is 3.75. The van der Waals surface area contributed by atoms with E-state index in [1.165, 1.54) is 238 Å². The van der Waals surface area contributed by atoms with Crippen molar-refractivity contribution >= 4 is 19.8 Å². The molecule has 10 heteroatoms. The number of carbonyl (C=O) groups is 2. The average molecular weight is 1040 g/mol. The Labute approximate surface area is 446 Å². The third-order valence-corrected chi connectivity index (χ3v) is 15.1. The third kappa shape index (κ3) is 57.8. The van der Waals surface area contributed by atoms with Gasteiger partial charge in [-0.25, -0.2) is 4.57 Å². The Morgan fingerprint density at radius 3 is 1.08 bits per heavy atom. The van der Waals surface area contributed by atoms with Crippen molar-refractivity contribution < 1.29 is 37.6 Å². The van der Waals surface area contributed by atoms with Gasteiger partial charge in [0, 0.05) is 19.4 Å². The normalized spacial score (nSPS) is 13.1. The van der Waals surface area contributed by atoms with Crippen molar-refractivity contribution in [3.63, 3.8) is 0 Å². The van der Waals surface area contributed by atoms with Crippen LogP contribution in [-0.2, 0) is 32.7 Å². The van der Waals surface area contributed by atoms with Crippen LogP contribution in [0.2, 0.25) is 0 Å². The number of hydrogen-bond donors (Lipinski definition) is 2. The molecule has 0 aromatic heterocycles. The number of allylic oxidation sites excluding steroid dienone is 4. The molecule has 0 amide bonds. The zero-order valence-electron chi connectivity index (χ0n) is 47.7. The molecule has 9 nitrogen and oxygen atoms in total. The summed E-state index contributed by atoms with van der Waals surface area (Å²) in [6.45, 7) is 3.75. The van der Waals surface area contributed by atoms with Crippen LogP contribution in [0.1, 0.15) is 328 Å². The van der Waals surface area contributed by atoms with Gasteiger partial charge in [-0.3, -0.25) is 18.6 Å². The first kappa shape index (κ1) is 70.5. The number of carbonyl (C=O) groups excluding carboxylic acids is 2. The summed E-state index contributed by atoms with van der Waals surface area (Å²) in [4.78, 5) is 35.1. The lowest BCUT2D eigenvalue weighted by atomic mass is 10.0. The van der Waals surface area contributed by atoms with Crippen molar-refractivity contribution in [3.8, 4) is 0 Å². The highest BCUT2D eigenvalue weighted by atomic mass is 31.2. The first-order valence-corrected chi connectivity index (χ1v) is 32.8. The number of nitrogens with two attached hydrogens (primary N) is 1. The van der Waals surface area contributed by atoms with Crippen molar-refractivity contribution in [2.75, 3.05) is 26.4 Å². The second-order valence-electron chi connectivity index (χ2n) is 21.3. The van der Waals surface area contributed by atoms with E-state index in [1.54, 1.807) is 0 Å². The van der Waals surface area contributed by atoms with Crippen LogP contribution in [0.5, 0.6) is 0 Å². The fraction of sp³-hybridized carbons (Fsp3) is 0.903. The molecule has 72 heavy (non-hydrogen) atoms. The fourth-order valence-electron chi connectivity index (χ4n) is 9.44. The standard InChI is InChI=1S/C62H120NO8P/c1-3-5-7-9-11-13-15-17-19-20-21-22-23-24-25-26-27-28-29-30-31-32-33-34-35-36-37-38-39-41-42-44-46-48-50-52-54-61(64)68-58-60(59-70-72(66,67)69-57-56-63)71-62(65)55-53-51-49-47-45-43-40-18-16-14-12-10-8-6-4-2/h12,14,18,40,60H,3-11,13,15-17,19-39,41-59,63H2,1-2H3,(H,66,67)/b14-12-,40-18-. The van der Waals surface area contributed by atoms with Crippen molar-refractivity contribution in [1.82, 2.24) is 0 Å². The van der Waals surface area contributed by atoms with Gasteiger partial charge in [0.05, 0.1) is 13.2 Å². The number of phosphoric ester groups is 1. The molecule has 0 saturated carbocycles. The predicted octanol–water partition coefficient (Wildman–Crippen LogP) is 19.8. The molecule has 0 spiro atoms. The Hall–Kier alpha value is -1.51. The second kappa shape index (κ2) is 58.7. The largest absolute Gasteiger partial charge is 0.472 e. The predicted molar refractivity (Wildman–Crippen MR) is 307 cm³/mol. The smallest absolute Gasteiger partial charge is 0.462 e. The number of unbranched alkanes of at least 4 members (excludes halogenated alkanes) is 43. The van der Waals surface area contributed by atoms with Crippen LogP contribution in [0, 0.1) is 0 Å². The minimum Gasteiger partial charge on any atom is -0.462 e. The van der Waals surface area contributed by atoms with Gasteiger partial charge in [-0.2, -0.15) is 0 Å². The first-order valence-electron chi connectivity index (χ1n) is 31.3. The van der Waals surface area contributed by atoms with Gasteiger partial charge in [0.2, 0.25) is 0 Å². The molecule has 0 aromatic rings. The maximum absolute atomic E-state index is 12.6. The number of phosphoric acid groups is 1. The van der Waals surface area contributed by atoms with Gasteiger partial charge < -0.3 is 20.1 Å². The lowest BCUT2D eigenvalue weighted by molar-refractivity contribution is -0.161. The van der Waals surface area contributed by atoms with Gasteiger partial charge >= 0.3 is 19.8 Å². The van der Waals surface area contributed by atoms with E-state index in [-0.39, 0.29) is 38.6 Å². The van der Waals surface area contributed by atoms with Crippen LogP contribution in [0.4, 0.5) is 0 Å². The Morgan fingerprint density at radius 2 is 0.722 bits per heavy atom. The summed E-state index contributed by atoms with van der Waals surface area (Å²) in [5, 5.41) is 0. The van der Waals surface area contributed by atoms with E-state index in [4.69, 9.17) is 24.3 Å². The lowest BCUT2D eigenvalue weighted by Gasteiger charge is -2.19. The van der Waals surface area contributed by atoms with E-state index in [0.29, 0.717) is 6.42 Å². The van der Waals surface area contributed by atoms with Crippen molar-refractivity contribution in [2.24, 2.45) is 5.73 Å². The highest BCUT2D eigenvalue weighted by Crippen LogP contribution is 2.43. The molecule has 0 aliphatic heterocycles. The molecule has 0 aliphatic carbocycles. The van der Waals surface area contributed by atoms with Gasteiger partial charge in [0.1, 0.15) is 6.61 Å². The Bertz CT molecular complexity index is 1230. The number of esters is 2. The van der Waals surface area contributed by atoms with Gasteiger partial charge in [0.15, 0.2) is 6.10 Å². The van der Waals surface area contributed by atoms with E-state index in [2.05, 4.69) is 38.2 Å². The first-order chi connectivity index (χ1) is 35.3. The summed E-state index contributed by atoms with van der Waals surface area (Å²) in [7, 11) is -4.39. The minimum atomic E-state index is -4.39. The molecule has 0 aromatic carbocycles. The van der Waals surface area contributed by atoms with Crippen molar-refractivity contribution in [2.45, 2.75) is 335 Å². The molecular weight excluding hydrogens is 918 g/mol. The third-order valence-electron chi connectivity index (χ3n) is 14.1. The molecule has 2 unspecified atom stereocenters. The topological polar surface area (TPSA) is 134 Å². The highest BCUT2D eigenvalue weighted by Gasteiger charge is 2.26. The minimum absolute atomic E-state index is 0.0528. The SMILES string of the molecule is CCCCC/C=C\C/C=C\CCCCCCCC(=O)OC(COC(=O)CCCCCCCCCCCCCCCCCCCCCCCCCCCCCCCCCCCCCC)COP(=O)(O)OCCN. The summed E-state index contributed by atoms with van der Waals surface area (Å²) in [5.74, 6) is -0.828. The lowest BCUT2D eigenvalue weighted by Crippen LogP contribution is -2.29. The van der Waals surface area contributed by atoms with Crippen molar-refractivity contribution in [1.29, 1.82) is 0 Å². The number of rotatable bonds is 60. The number of hydrogen-bond acceptors (Lipinski definition) is 8. The zero-order chi connectivity index (χ0) is 52.4. The molecule has 0 heterocycles. The molecule has 0 radical (unpaired) electrons. The van der Waals surface area contributed by atoms with E-state index >= 15 is 0 Å². The molecule has 426 valence electrons. The molecule has 0 fully saturated rings. The average Bonchev–Trinajstić information content (AvgIpc) is 3.37. The van der Waals surface area contributed by atoms with Gasteiger partial charge in [0.25, 0.3) is 0 Å². The molecular formula is C62H120NO8P. The van der Waals surface area contributed by atoms with Crippen LogP contribution < -0.4 is 5.73 Å². The highest BCUT2D eigenvalue weighted by molar-refractivity contribution is 7.47. The number of ether oxygens (including phenoxy) is 2. The van der Waals surface area contributed by atoms with Crippen LogP contribution in [0.15, 0.2) is 24.3 Å². The van der Waals surface area contributed by atoms with Gasteiger partial charge in [-0.1, -0.05) is 295 Å². The maximum atomic E-state index is 12.6. The molecule has 0 rings (SSSR count). The van der Waals surface area contributed by atoms with Crippen LogP contribution in [-0.4, -0.2) is 49.3 Å². The van der Waals surface area contributed by atoms with E-state index in [1.807, 2.05) is 0 Å². The molecule has 3 N–H and O–H groups in total. The summed E-state index contributed by atoms with van der Waals surface area (Å²) in [6.07, 6.45) is 70.0. The van der Waals surface area contributed by atoms with Gasteiger partial charge in [-0.05, 0) is 44.9 Å². The van der Waals surface area contributed by atoms with Crippen LogP contribution in [0.25, 0.3) is 0 Å². The molecule has 0 aliphatic rings. The van der Waals surface area contributed by atoms with Crippen LogP contribution >= 0.6 is 7.82 Å². The van der Waals surface area contributed by atoms with E-state index in [9.17, 15) is 19.0 Å². The Morgan fingerprint density at radius 1 is 0.417 bits per heavy atom. The van der Waals surface area contributed by atoms with E-state index < -0.39 is 26.5 Å².